The van der Waals surface area contributed by atoms with Gasteiger partial charge in [-0.15, -0.1) is 13.2 Å². The van der Waals surface area contributed by atoms with Crippen LogP contribution in [-0.2, 0) is 4.79 Å². The molecule has 1 rings (SSSR count). The summed E-state index contributed by atoms with van der Waals surface area (Å²) in [7, 11) is 0. The summed E-state index contributed by atoms with van der Waals surface area (Å²) < 4.78 is 39.6. The molecule has 0 heterocycles. The number of hydrogen-bond donors (Lipinski definition) is 1. The molecule has 0 aliphatic rings. The summed E-state index contributed by atoms with van der Waals surface area (Å²) in [6, 6.07) is 2.63. The van der Waals surface area contributed by atoms with E-state index in [0.717, 1.165) is 12.1 Å². The lowest BCUT2D eigenvalue weighted by Crippen LogP contribution is -2.17. The lowest BCUT2D eigenvalue weighted by Gasteiger charge is -2.09. The van der Waals surface area contributed by atoms with Crippen LogP contribution in [-0.4, -0.2) is 23.7 Å². The van der Waals surface area contributed by atoms with E-state index in [2.05, 4.69) is 10.7 Å². The van der Waals surface area contributed by atoms with Crippen LogP contribution in [0.5, 0.6) is 5.75 Å². The van der Waals surface area contributed by atoms with E-state index in [9.17, 15) is 22.8 Å². The third-order valence-corrected chi connectivity index (χ3v) is 1.66. The van der Waals surface area contributed by atoms with Gasteiger partial charge in [0.2, 0.25) is 0 Å². The van der Waals surface area contributed by atoms with E-state index in [4.69, 9.17) is 5.11 Å². The van der Waals surface area contributed by atoms with Gasteiger partial charge in [0.15, 0.2) is 6.29 Å². The Balaban J connectivity index is 3.22. The van der Waals surface area contributed by atoms with Crippen LogP contribution in [0.3, 0.4) is 0 Å². The van der Waals surface area contributed by atoms with Crippen LogP contribution in [0, 0.1) is 11.8 Å². The van der Waals surface area contributed by atoms with E-state index in [0.29, 0.717) is 6.07 Å². The molecule has 0 spiro atoms. The molecular weight excluding hydrogens is 253 g/mol. The first kappa shape index (κ1) is 13.6. The highest BCUT2D eigenvalue weighted by molar-refractivity contribution is 5.88. The Bertz CT molecular complexity index is 537. The number of carboxylic acids is 1. The number of carbonyl (C=O) groups excluding carboxylic acids is 1. The zero-order valence-corrected chi connectivity index (χ0v) is 8.62. The van der Waals surface area contributed by atoms with Gasteiger partial charge in [-0.2, -0.15) is 0 Å². The van der Waals surface area contributed by atoms with Crippen LogP contribution in [0.4, 0.5) is 13.2 Å². The molecule has 18 heavy (non-hydrogen) atoms. The second-order valence-corrected chi connectivity index (χ2v) is 2.99. The molecule has 0 fully saturated rings. The maximum absolute atomic E-state index is 12.0. The van der Waals surface area contributed by atoms with E-state index < -0.39 is 23.6 Å². The number of carboxylic acid groups (broad SMARTS) is 1. The highest BCUT2D eigenvalue weighted by Crippen LogP contribution is 2.24. The largest absolute Gasteiger partial charge is 0.573 e. The first-order chi connectivity index (χ1) is 8.31. The number of aldehydes is 1. The summed E-state index contributed by atoms with van der Waals surface area (Å²) in [5.41, 5.74) is -0.492. The molecule has 0 saturated carbocycles. The predicted molar refractivity (Wildman–Crippen MR) is 53.0 cm³/mol. The summed E-state index contributed by atoms with van der Waals surface area (Å²) >= 11 is 0. The summed E-state index contributed by atoms with van der Waals surface area (Å²) in [6.45, 7) is 0. The zero-order chi connectivity index (χ0) is 13.8. The van der Waals surface area contributed by atoms with E-state index in [1.807, 2.05) is 5.92 Å². The van der Waals surface area contributed by atoms with Crippen LogP contribution < -0.4 is 4.74 Å². The van der Waals surface area contributed by atoms with Gasteiger partial charge in [0.05, 0.1) is 5.56 Å². The average molecular weight is 258 g/mol. The Hall–Kier alpha value is -2.49. The van der Waals surface area contributed by atoms with Crippen LogP contribution in [0.15, 0.2) is 18.2 Å². The summed E-state index contributed by atoms with van der Waals surface area (Å²) in [5, 5.41) is 8.70. The molecule has 7 heteroatoms. The zero-order valence-electron chi connectivity index (χ0n) is 8.62. The molecule has 0 amide bonds. The Morgan fingerprint density at radius 1 is 1.33 bits per heavy atom. The molecule has 4 nitrogen and oxygen atoms in total. The molecule has 1 aromatic carbocycles. The van der Waals surface area contributed by atoms with Crippen molar-refractivity contribution in [2.24, 2.45) is 0 Å². The van der Waals surface area contributed by atoms with Crippen molar-refractivity contribution in [2.75, 3.05) is 0 Å². The number of alkyl halides is 3. The van der Waals surface area contributed by atoms with Crippen molar-refractivity contribution in [1.82, 2.24) is 0 Å². The van der Waals surface area contributed by atoms with Crippen molar-refractivity contribution in [3.8, 4) is 17.6 Å². The topological polar surface area (TPSA) is 63.6 Å². The third-order valence-electron chi connectivity index (χ3n) is 1.66. The molecule has 1 aromatic rings. The minimum atomic E-state index is -4.94. The fourth-order valence-corrected chi connectivity index (χ4v) is 1.10. The number of carbonyl (C=O) groups is 2. The molecule has 94 valence electrons. The number of ether oxygens (including phenoxy) is 1. The minimum Gasteiger partial charge on any atom is -0.478 e. The van der Waals surface area contributed by atoms with Crippen LogP contribution in [0.25, 0.3) is 0 Å². The van der Waals surface area contributed by atoms with E-state index in [1.54, 1.807) is 0 Å². The average Bonchev–Trinajstić information content (AvgIpc) is 2.23. The van der Waals surface area contributed by atoms with Crippen molar-refractivity contribution in [2.45, 2.75) is 6.36 Å². The Morgan fingerprint density at radius 2 is 2.00 bits per heavy atom. The first-order valence-electron chi connectivity index (χ1n) is 4.41. The van der Waals surface area contributed by atoms with Gasteiger partial charge in [0, 0.05) is 5.56 Å². The molecule has 0 unspecified atom stereocenters. The molecule has 0 bridgehead atoms. The van der Waals surface area contributed by atoms with Gasteiger partial charge in [0.25, 0.3) is 0 Å². The van der Waals surface area contributed by atoms with E-state index >= 15 is 0 Å². The molecule has 0 aliphatic carbocycles. The second-order valence-electron chi connectivity index (χ2n) is 2.99. The summed E-state index contributed by atoms with van der Waals surface area (Å²) in [4.78, 5) is 20.7. The van der Waals surface area contributed by atoms with Gasteiger partial charge in [-0.1, -0.05) is 5.92 Å². The Kier molecular flexibility index (Phi) is 3.94. The lowest BCUT2D eigenvalue weighted by atomic mass is 10.1. The van der Waals surface area contributed by atoms with E-state index in [1.165, 1.54) is 0 Å². The third kappa shape index (κ3) is 4.17. The van der Waals surface area contributed by atoms with Gasteiger partial charge in [-0.25, -0.2) is 4.79 Å². The fraction of sp³-hybridized carbons (Fsp3) is 0.0909. The van der Waals surface area contributed by atoms with Gasteiger partial charge in [-0.3, -0.25) is 4.79 Å². The quantitative estimate of drug-likeness (QED) is 0.649. The maximum atomic E-state index is 12.0. The predicted octanol–water partition coefficient (Wildman–Crippen LogP) is 1.83. The molecule has 1 N–H and O–H groups in total. The molecular formula is C11H5F3O4. The summed E-state index contributed by atoms with van der Waals surface area (Å²) in [6.07, 6.45) is -4.70. The minimum absolute atomic E-state index is 0.0683. The van der Waals surface area contributed by atoms with Gasteiger partial charge in [0.1, 0.15) is 5.75 Å². The molecule has 0 radical (unpaired) electrons. The SMILES string of the molecule is O=CC#Cc1cc(OC(F)(F)F)cc(C(=O)O)c1. The smallest absolute Gasteiger partial charge is 0.478 e. The van der Waals surface area contributed by atoms with Gasteiger partial charge < -0.3 is 9.84 Å². The van der Waals surface area contributed by atoms with Crippen molar-refractivity contribution >= 4 is 12.3 Å². The number of halogens is 3. The van der Waals surface area contributed by atoms with Crippen molar-refractivity contribution in [1.29, 1.82) is 0 Å². The van der Waals surface area contributed by atoms with Crippen molar-refractivity contribution < 1.29 is 32.6 Å². The van der Waals surface area contributed by atoms with Crippen LogP contribution in [0.2, 0.25) is 0 Å². The number of hydrogen-bond acceptors (Lipinski definition) is 3. The van der Waals surface area contributed by atoms with Crippen LogP contribution >= 0.6 is 0 Å². The molecule has 0 aromatic heterocycles. The standard InChI is InChI=1S/C11H5F3O4/c12-11(13,14)18-9-5-7(2-1-3-15)4-8(6-9)10(16)17/h3-6H,(H,16,17). The number of benzene rings is 1. The summed E-state index contributed by atoms with van der Waals surface area (Å²) in [5.74, 6) is 2.00. The van der Waals surface area contributed by atoms with Crippen molar-refractivity contribution in [3.05, 3.63) is 29.3 Å². The Labute approximate surface area is 99.0 Å². The monoisotopic (exact) mass is 258 g/mol. The normalized spacial score (nSPS) is 10.2. The van der Waals surface area contributed by atoms with E-state index in [-0.39, 0.29) is 11.8 Å². The van der Waals surface area contributed by atoms with Crippen LogP contribution in [0.1, 0.15) is 15.9 Å². The lowest BCUT2D eigenvalue weighted by molar-refractivity contribution is -0.274. The highest BCUT2D eigenvalue weighted by atomic mass is 19.4. The van der Waals surface area contributed by atoms with Crippen molar-refractivity contribution in [3.63, 3.8) is 0 Å². The molecule has 0 saturated heterocycles. The van der Waals surface area contributed by atoms with Gasteiger partial charge in [-0.05, 0) is 24.1 Å². The second kappa shape index (κ2) is 5.23. The number of rotatable bonds is 2. The fourth-order valence-electron chi connectivity index (χ4n) is 1.10. The maximum Gasteiger partial charge on any atom is 0.573 e. The highest BCUT2D eigenvalue weighted by Gasteiger charge is 2.31. The Morgan fingerprint density at radius 3 is 2.50 bits per heavy atom. The first-order valence-corrected chi connectivity index (χ1v) is 4.41. The molecule has 0 atom stereocenters. The molecule has 0 aliphatic heterocycles. The van der Waals surface area contributed by atoms with Gasteiger partial charge >= 0.3 is 12.3 Å². The number of aromatic carboxylic acids is 1.